The van der Waals surface area contributed by atoms with Crippen molar-refractivity contribution in [3.8, 4) is 6.07 Å². The van der Waals surface area contributed by atoms with Crippen molar-refractivity contribution in [2.24, 2.45) is 5.92 Å². The van der Waals surface area contributed by atoms with Crippen LogP contribution in [0.15, 0.2) is 47.4 Å². The normalized spacial score (nSPS) is 15.1. The maximum atomic E-state index is 12.7. The number of aryl methyl sites for hydroxylation is 1. The molecular formula is C22H28N4O. The summed E-state index contributed by atoms with van der Waals surface area (Å²) in [6.07, 6.45) is 2.78. The van der Waals surface area contributed by atoms with E-state index < -0.39 is 0 Å². The molecule has 0 radical (unpaired) electrons. The number of benzene rings is 1. The third-order valence-electron chi connectivity index (χ3n) is 5.16. The number of hydrogen-bond acceptors (Lipinski definition) is 4. The Balaban J connectivity index is 1.68. The number of pyridine rings is 1. The number of piperazine rings is 1. The van der Waals surface area contributed by atoms with Gasteiger partial charge in [0.1, 0.15) is 11.6 Å². The molecular weight excluding hydrogens is 336 g/mol. The first-order valence-corrected chi connectivity index (χ1v) is 9.73. The van der Waals surface area contributed by atoms with Gasteiger partial charge in [0.25, 0.3) is 5.56 Å². The van der Waals surface area contributed by atoms with Gasteiger partial charge in [0.2, 0.25) is 0 Å². The van der Waals surface area contributed by atoms with E-state index in [9.17, 15) is 10.1 Å². The van der Waals surface area contributed by atoms with E-state index in [-0.39, 0.29) is 11.1 Å². The van der Waals surface area contributed by atoms with Gasteiger partial charge < -0.3 is 9.47 Å². The van der Waals surface area contributed by atoms with Crippen LogP contribution >= 0.6 is 0 Å². The van der Waals surface area contributed by atoms with E-state index >= 15 is 0 Å². The SMILES string of the molecule is CC(C)CCn1ccc(N2CCN(Cc3ccccc3)CC2)c(C#N)c1=O. The van der Waals surface area contributed by atoms with Crippen LogP contribution in [0, 0.1) is 17.2 Å². The molecule has 0 aliphatic carbocycles. The molecule has 0 bridgehead atoms. The fourth-order valence-corrected chi connectivity index (χ4v) is 3.50. The van der Waals surface area contributed by atoms with Gasteiger partial charge in [-0.15, -0.1) is 0 Å². The van der Waals surface area contributed by atoms with Crippen molar-refractivity contribution >= 4 is 5.69 Å². The first-order valence-electron chi connectivity index (χ1n) is 9.73. The molecule has 5 nitrogen and oxygen atoms in total. The summed E-state index contributed by atoms with van der Waals surface area (Å²) in [5.74, 6) is 0.528. The molecule has 0 saturated carbocycles. The summed E-state index contributed by atoms with van der Waals surface area (Å²) < 4.78 is 1.67. The molecule has 0 N–H and O–H groups in total. The third-order valence-corrected chi connectivity index (χ3v) is 5.16. The summed E-state index contributed by atoms with van der Waals surface area (Å²) in [6.45, 7) is 9.40. The highest BCUT2D eigenvalue weighted by atomic mass is 16.1. The standard InChI is InChI=1S/C22H28N4O/c1-18(2)8-10-26-11-9-21(20(16-23)22(26)27)25-14-12-24(13-15-25)17-19-6-4-3-5-7-19/h3-7,9,11,18H,8,10,12-15,17H2,1-2H3. The van der Waals surface area contributed by atoms with Gasteiger partial charge in [0, 0.05) is 45.5 Å². The van der Waals surface area contributed by atoms with Crippen molar-refractivity contribution < 1.29 is 0 Å². The van der Waals surface area contributed by atoms with Crippen LogP contribution in [-0.2, 0) is 13.1 Å². The summed E-state index contributed by atoms with van der Waals surface area (Å²) >= 11 is 0. The molecule has 2 aromatic rings. The van der Waals surface area contributed by atoms with Crippen molar-refractivity contribution in [1.82, 2.24) is 9.47 Å². The van der Waals surface area contributed by atoms with Crippen LogP contribution in [0.3, 0.4) is 0 Å². The molecule has 0 atom stereocenters. The molecule has 27 heavy (non-hydrogen) atoms. The molecule has 0 unspecified atom stereocenters. The molecule has 1 aromatic carbocycles. The number of rotatable bonds is 6. The zero-order chi connectivity index (χ0) is 19.2. The highest BCUT2D eigenvalue weighted by Gasteiger charge is 2.21. The molecule has 5 heteroatoms. The van der Waals surface area contributed by atoms with E-state index in [1.807, 2.05) is 18.3 Å². The van der Waals surface area contributed by atoms with E-state index in [1.54, 1.807) is 4.57 Å². The Hall–Kier alpha value is -2.58. The predicted octanol–water partition coefficient (Wildman–Crippen LogP) is 3.09. The molecule has 2 heterocycles. The minimum absolute atomic E-state index is 0.164. The average molecular weight is 364 g/mol. The van der Waals surface area contributed by atoms with Gasteiger partial charge in [0.05, 0.1) is 5.69 Å². The minimum atomic E-state index is -0.164. The smallest absolute Gasteiger partial charge is 0.270 e. The Labute approximate surface area is 161 Å². The van der Waals surface area contributed by atoms with E-state index in [0.717, 1.165) is 44.8 Å². The maximum absolute atomic E-state index is 12.7. The lowest BCUT2D eigenvalue weighted by atomic mass is 10.1. The van der Waals surface area contributed by atoms with Gasteiger partial charge in [-0.1, -0.05) is 44.2 Å². The van der Waals surface area contributed by atoms with Crippen molar-refractivity contribution in [1.29, 1.82) is 5.26 Å². The lowest BCUT2D eigenvalue weighted by molar-refractivity contribution is 0.250. The van der Waals surface area contributed by atoms with E-state index in [0.29, 0.717) is 12.5 Å². The van der Waals surface area contributed by atoms with Gasteiger partial charge >= 0.3 is 0 Å². The summed E-state index contributed by atoms with van der Waals surface area (Å²) in [4.78, 5) is 17.3. The van der Waals surface area contributed by atoms with Gasteiger partial charge in [-0.3, -0.25) is 9.69 Å². The van der Waals surface area contributed by atoms with Crippen LogP contribution in [0.1, 0.15) is 31.4 Å². The molecule has 1 fully saturated rings. The van der Waals surface area contributed by atoms with Crippen molar-refractivity contribution in [3.05, 3.63) is 64.1 Å². The van der Waals surface area contributed by atoms with E-state index in [4.69, 9.17) is 0 Å². The van der Waals surface area contributed by atoms with Crippen molar-refractivity contribution in [3.63, 3.8) is 0 Å². The fraction of sp³-hybridized carbons (Fsp3) is 0.455. The Morgan fingerprint density at radius 3 is 2.41 bits per heavy atom. The second kappa shape index (κ2) is 8.88. The Morgan fingerprint density at radius 1 is 1.07 bits per heavy atom. The second-order valence-corrected chi connectivity index (χ2v) is 7.62. The zero-order valence-electron chi connectivity index (χ0n) is 16.3. The van der Waals surface area contributed by atoms with Gasteiger partial charge in [0.15, 0.2) is 0 Å². The number of nitriles is 1. The number of aromatic nitrogens is 1. The molecule has 0 spiro atoms. The quantitative estimate of drug-likeness (QED) is 0.790. The van der Waals surface area contributed by atoms with Crippen molar-refractivity contribution in [2.45, 2.75) is 33.4 Å². The van der Waals surface area contributed by atoms with Crippen LogP contribution in [0.25, 0.3) is 0 Å². The van der Waals surface area contributed by atoms with Crippen LogP contribution in [0.5, 0.6) is 0 Å². The predicted molar refractivity (Wildman–Crippen MR) is 109 cm³/mol. The topological polar surface area (TPSA) is 52.3 Å². The molecule has 1 aliphatic heterocycles. The number of anilines is 1. The lowest BCUT2D eigenvalue weighted by Crippen LogP contribution is -2.46. The fourth-order valence-electron chi connectivity index (χ4n) is 3.50. The molecule has 1 saturated heterocycles. The van der Waals surface area contributed by atoms with Crippen LogP contribution in [0.2, 0.25) is 0 Å². The van der Waals surface area contributed by atoms with Crippen LogP contribution < -0.4 is 10.5 Å². The van der Waals surface area contributed by atoms with Gasteiger partial charge in [-0.2, -0.15) is 5.26 Å². The number of hydrogen-bond donors (Lipinski definition) is 0. The van der Waals surface area contributed by atoms with Crippen LogP contribution in [0.4, 0.5) is 5.69 Å². The minimum Gasteiger partial charge on any atom is -0.368 e. The van der Waals surface area contributed by atoms with E-state index in [1.165, 1.54) is 5.56 Å². The van der Waals surface area contributed by atoms with Crippen LogP contribution in [-0.4, -0.2) is 35.6 Å². The second-order valence-electron chi connectivity index (χ2n) is 7.62. The first kappa shape index (κ1) is 19.2. The first-order chi connectivity index (χ1) is 13.1. The number of nitrogens with zero attached hydrogens (tertiary/aromatic N) is 4. The zero-order valence-corrected chi connectivity index (χ0v) is 16.3. The lowest BCUT2D eigenvalue weighted by Gasteiger charge is -2.36. The molecule has 3 rings (SSSR count). The maximum Gasteiger partial charge on any atom is 0.270 e. The Kier molecular flexibility index (Phi) is 6.31. The highest BCUT2D eigenvalue weighted by molar-refractivity contribution is 5.58. The largest absolute Gasteiger partial charge is 0.368 e. The molecule has 1 aliphatic rings. The average Bonchev–Trinajstić information content (AvgIpc) is 2.68. The molecule has 1 aromatic heterocycles. The molecule has 0 amide bonds. The summed E-state index contributed by atoms with van der Waals surface area (Å²) in [6, 6.07) is 14.6. The summed E-state index contributed by atoms with van der Waals surface area (Å²) in [7, 11) is 0. The summed E-state index contributed by atoms with van der Waals surface area (Å²) in [5, 5.41) is 9.58. The summed E-state index contributed by atoms with van der Waals surface area (Å²) in [5.41, 5.74) is 2.21. The van der Waals surface area contributed by atoms with Gasteiger partial charge in [-0.05, 0) is 24.0 Å². The Morgan fingerprint density at radius 2 is 1.78 bits per heavy atom. The third kappa shape index (κ3) is 4.78. The monoisotopic (exact) mass is 364 g/mol. The highest BCUT2D eigenvalue weighted by Crippen LogP contribution is 2.20. The van der Waals surface area contributed by atoms with Gasteiger partial charge in [-0.25, -0.2) is 0 Å². The Bertz CT molecular complexity index is 843. The molecule has 142 valence electrons. The van der Waals surface area contributed by atoms with Crippen molar-refractivity contribution in [2.75, 3.05) is 31.1 Å². The van der Waals surface area contributed by atoms with E-state index in [2.05, 4.69) is 54.0 Å².